The quantitative estimate of drug-likeness (QED) is 0.753. The minimum atomic E-state index is -1.28. The summed E-state index contributed by atoms with van der Waals surface area (Å²) < 4.78 is 13.3. The van der Waals surface area contributed by atoms with Crippen molar-refractivity contribution >= 4 is 16.7 Å². The molecule has 0 aliphatic heterocycles. The summed E-state index contributed by atoms with van der Waals surface area (Å²) in [5, 5.41) is 18.7. The van der Waals surface area contributed by atoms with Crippen LogP contribution in [0.25, 0.3) is 10.8 Å². The summed E-state index contributed by atoms with van der Waals surface area (Å²) in [5.74, 6) is -2.44. The third kappa shape index (κ3) is 1.40. The van der Waals surface area contributed by atoms with E-state index in [2.05, 4.69) is 0 Å². The molecule has 2 N–H and O–H groups in total. The van der Waals surface area contributed by atoms with Gasteiger partial charge in [0.1, 0.15) is 17.1 Å². The van der Waals surface area contributed by atoms with Crippen LogP contribution in [0, 0.1) is 5.82 Å². The first-order valence-corrected chi connectivity index (χ1v) is 4.25. The van der Waals surface area contributed by atoms with Gasteiger partial charge in [-0.25, -0.2) is 9.18 Å². The number of phenols is 1. The van der Waals surface area contributed by atoms with Gasteiger partial charge in [0.05, 0.1) is 5.39 Å². The van der Waals surface area contributed by atoms with E-state index in [-0.39, 0.29) is 10.9 Å². The lowest BCUT2D eigenvalue weighted by Crippen LogP contribution is -1.97. The molecule has 0 heterocycles. The van der Waals surface area contributed by atoms with Gasteiger partial charge >= 0.3 is 5.97 Å². The molecule has 76 valence electrons. The number of carboxylic acids is 1. The molecule has 0 aromatic heterocycles. The second-order valence-electron chi connectivity index (χ2n) is 3.10. The SMILES string of the molecule is O=C(O)c1ccc2cccc(F)c2c1O. The molecule has 0 saturated heterocycles. The summed E-state index contributed by atoms with van der Waals surface area (Å²) in [5.41, 5.74) is -0.299. The Labute approximate surface area is 84.4 Å². The number of hydrogen-bond acceptors (Lipinski definition) is 2. The molecule has 2 rings (SSSR count). The first-order valence-electron chi connectivity index (χ1n) is 4.25. The zero-order valence-corrected chi connectivity index (χ0v) is 7.57. The van der Waals surface area contributed by atoms with Gasteiger partial charge in [-0.05, 0) is 17.5 Å². The predicted molar refractivity (Wildman–Crippen MR) is 52.5 cm³/mol. The fraction of sp³-hybridized carbons (Fsp3) is 0. The third-order valence-electron chi connectivity index (χ3n) is 2.20. The van der Waals surface area contributed by atoms with Gasteiger partial charge < -0.3 is 10.2 Å². The lowest BCUT2D eigenvalue weighted by molar-refractivity contribution is 0.0694. The average Bonchev–Trinajstić information content (AvgIpc) is 2.17. The predicted octanol–water partition coefficient (Wildman–Crippen LogP) is 2.38. The van der Waals surface area contributed by atoms with Crippen LogP contribution in [0.2, 0.25) is 0 Å². The number of benzene rings is 2. The van der Waals surface area contributed by atoms with Crippen molar-refractivity contribution in [2.24, 2.45) is 0 Å². The fourth-order valence-electron chi connectivity index (χ4n) is 1.49. The smallest absolute Gasteiger partial charge is 0.339 e. The Hall–Kier alpha value is -2.10. The van der Waals surface area contributed by atoms with Gasteiger partial charge in [-0.3, -0.25) is 0 Å². The number of hydrogen-bond donors (Lipinski definition) is 2. The zero-order valence-electron chi connectivity index (χ0n) is 7.57. The normalized spacial score (nSPS) is 10.5. The van der Waals surface area contributed by atoms with Gasteiger partial charge in [0.15, 0.2) is 0 Å². The van der Waals surface area contributed by atoms with E-state index in [1.54, 1.807) is 6.07 Å². The van der Waals surface area contributed by atoms with Gasteiger partial charge in [0.25, 0.3) is 0 Å². The summed E-state index contributed by atoms with van der Waals surface area (Å²) in [6, 6.07) is 6.98. The minimum absolute atomic E-state index is 0.0580. The molecule has 15 heavy (non-hydrogen) atoms. The standard InChI is InChI=1S/C11H7FO3/c12-8-3-1-2-6-4-5-7(11(14)15)10(13)9(6)8/h1-5,13H,(H,14,15). The number of fused-ring (bicyclic) bond motifs is 1. The zero-order chi connectivity index (χ0) is 11.0. The highest BCUT2D eigenvalue weighted by atomic mass is 19.1. The van der Waals surface area contributed by atoms with E-state index in [1.165, 1.54) is 24.3 Å². The van der Waals surface area contributed by atoms with Crippen LogP contribution < -0.4 is 0 Å². The fourth-order valence-corrected chi connectivity index (χ4v) is 1.49. The van der Waals surface area contributed by atoms with Crippen molar-refractivity contribution in [2.45, 2.75) is 0 Å². The average molecular weight is 206 g/mol. The molecule has 0 aliphatic carbocycles. The van der Waals surface area contributed by atoms with Crippen molar-refractivity contribution < 1.29 is 19.4 Å². The van der Waals surface area contributed by atoms with Crippen molar-refractivity contribution in [1.82, 2.24) is 0 Å². The van der Waals surface area contributed by atoms with Crippen LogP contribution in [0.15, 0.2) is 30.3 Å². The van der Waals surface area contributed by atoms with Crippen LogP contribution in [0.5, 0.6) is 5.75 Å². The van der Waals surface area contributed by atoms with Crippen LogP contribution >= 0.6 is 0 Å². The van der Waals surface area contributed by atoms with Crippen LogP contribution in [-0.4, -0.2) is 16.2 Å². The summed E-state index contributed by atoms with van der Waals surface area (Å²) >= 11 is 0. The van der Waals surface area contributed by atoms with Gasteiger partial charge in [-0.15, -0.1) is 0 Å². The molecule has 0 radical (unpaired) electrons. The Balaban J connectivity index is 2.89. The maximum absolute atomic E-state index is 13.3. The highest BCUT2D eigenvalue weighted by molar-refractivity contribution is 6.00. The third-order valence-corrected chi connectivity index (χ3v) is 2.20. The molecule has 0 fully saturated rings. The van der Waals surface area contributed by atoms with E-state index in [4.69, 9.17) is 5.11 Å². The second-order valence-corrected chi connectivity index (χ2v) is 3.10. The highest BCUT2D eigenvalue weighted by Crippen LogP contribution is 2.30. The van der Waals surface area contributed by atoms with E-state index >= 15 is 0 Å². The molecule has 0 amide bonds. The van der Waals surface area contributed by atoms with E-state index in [0.29, 0.717) is 5.39 Å². The Morgan fingerprint density at radius 3 is 2.60 bits per heavy atom. The van der Waals surface area contributed by atoms with Crippen LogP contribution in [0.1, 0.15) is 10.4 Å². The van der Waals surface area contributed by atoms with Crippen molar-refractivity contribution in [1.29, 1.82) is 0 Å². The molecule has 3 nitrogen and oxygen atoms in total. The summed E-state index contributed by atoms with van der Waals surface area (Å²) in [7, 11) is 0. The Morgan fingerprint density at radius 1 is 1.20 bits per heavy atom. The molecule has 0 spiro atoms. The molecular weight excluding hydrogens is 199 g/mol. The van der Waals surface area contributed by atoms with Crippen LogP contribution in [-0.2, 0) is 0 Å². The molecule has 4 heteroatoms. The summed E-state index contributed by atoms with van der Waals surface area (Å²) in [6.45, 7) is 0. The lowest BCUT2D eigenvalue weighted by atomic mass is 10.0. The summed E-state index contributed by atoms with van der Waals surface area (Å²) in [6.07, 6.45) is 0. The minimum Gasteiger partial charge on any atom is -0.506 e. The Bertz CT molecular complexity index is 549. The first kappa shape index (κ1) is 9.45. The molecule has 0 bridgehead atoms. The molecule has 2 aromatic carbocycles. The molecule has 0 aliphatic rings. The van der Waals surface area contributed by atoms with Gasteiger partial charge in [0.2, 0.25) is 0 Å². The Kier molecular flexibility index (Phi) is 2.04. The van der Waals surface area contributed by atoms with Crippen LogP contribution in [0.4, 0.5) is 4.39 Å². The number of rotatable bonds is 1. The Morgan fingerprint density at radius 2 is 1.93 bits per heavy atom. The molecule has 2 aromatic rings. The summed E-state index contributed by atoms with van der Waals surface area (Å²) in [4.78, 5) is 10.7. The highest BCUT2D eigenvalue weighted by Gasteiger charge is 2.14. The molecular formula is C11H7FO3. The maximum atomic E-state index is 13.3. The van der Waals surface area contributed by atoms with E-state index < -0.39 is 17.5 Å². The van der Waals surface area contributed by atoms with Gasteiger partial charge in [-0.1, -0.05) is 18.2 Å². The molecule has 0 saturated carbocycles. The van der Waals surface area contributed by atoms with Crippen molar-refractivity contribution in [3.8, 4) is 5.75 Å². The molecule has 0 unspecified atom stereocenters. The number of carboxylic acid groups (broad SMARTS) is 1. The van der Waals surface area contributed by atoms with Crippen molar-refractivity contribution in [3.63, 3.8) is 0 Å². The van der Waals surface area contributed by atoms with Crippen LogP contribution in [0.3, 0.4) is 0 Å². The second kappa shape index (κ2) is 3.24. The number of halogens is 1. The van der Waals surface area contributed by atoms with Crippen molar-refractivity contribution in [3.05, 3.63) is 41.7 Å². The van der Waals surface area contributed by atoms with Crippen molar-refractivity contribution in [2.75, 3.05) is 0 Å². The molecule has 0 atom stereocenters. The number of carbonyl (C=O) groups is 1. The van der Waals surface area contributed by atoms with E-state index in [1.807, 2.05) is 0 Å². The number of aromatic carboxylic acids is 1. The largest absolute Gasteiger partial charge is 0.506 e. The maximum Gasteiger partial charge on any atom is 0.339 e. The van der Waals surface area contributed by atoms with E-state index in [9.17, 15) is 14.3 Å². The van der Waals surface area contributed by atoms with Gasteiger partial charge in [-0.2, -0.15) is 0 Å². The lowest BCUT2D eigenvalue weighted by Gasteiger charge is -2.04. The first-order chi connectivity index (χ1) is 7.11. The van der Waals surface area contributed by atoms with Gasteiger partial charge in [0, 0.05) is 0 Å². The van der Waals surface area contributed by atoms with E-state index in [0.717, 1.165) is 0 Å². The monoisotopic (exact) mass is 206 g/mol. The topological polar surface area (TPSA) is 57.5 Å². The number of aromatic hydroxyl groups is 1.